The van der Waals surface area contributed by atoms with Gasteiger partial charge in [-0.25, -0.2) is 9.78 Å². The maximum Gasteiger partial charge on any atom is 0.325 e. The number of anilines is 1. The number of nitrogens with one attached hydrogen (secondary N) is 1. The highest BCUT2D eigenvalue weighted by molar-refractivity contribution is 5.93. The van der Waals surface area contributed by atoms with Crippen molar-refractivity contribution in [3.05, 3.63) is 47.9 Å². The van der Waals surface area contributed by atoms with E-state index in [2.05, 4.69) is 10.3 Å². The van der Waals surface area contributed by atoms with Gasteiger partial charge < -0.3 is 14.8 Å². The van der Waals surface area contributed by atoms with Crippen molar-refractivity contribution in [2.24, 2.45) is 7.05 Å². The molecular formula is C19H25N5O2. The molecule has 7 heteroatoms. The number of urea groups is 1. The highest BCUT2D eigenvalue weighted by Crippen LogP contribution is 2.16. The van der Waals surface area contributed by atoms with Gasteiger partial charge >= 0.3 is 6.03 Å². The first kappa shape index (κ1) is 18.0. The third-order valence-electron chi connectivity index (χ3n) is 4.80. The van der Waals surface area contributed by atoms with Crippen molar-refractivity contribution in [1.82, 2.24) is 19.8 Å². The zero-order valence-corrected chi connectivity index (χ0v) is 15.5. The summed E-state index contributed by atoms with van der Waals surface area (Å²) in [5.41, 5.74) is 1.71. The Balaban J connectivity index is 1.53. The van der Waals surface area contributed by atoms with E-state index in [0.717, 1.165) is 18.4 Å². The smallest absolute Gasteiger partial charge is 0.325 e. The van der Waals surface area contributed by atoms with E-state index in [1.165, 1.54) is 0 Å². The summed E-state index contributed by atoms with van der Waals surface area (Å²) >= 11 is 0. The Morgan fingerprint density at radius 3 is 2.54 bits per heavy atom. The largest absolute Gasteiger partial charge is 0.348 e. The molecule has 0 radical (unpaired) electrons. The topological polar surface area (TPSA) is 70.5 Å². The van der Waals surface area contributed by atoms with Gasteiger partial charge in [-0.1, -0.05) is 6.07 Å². The zero-order chi connectivity index (χ0) is 18.7. The molecule has 1 fully saturated rings. The van der Waals surface area contributed by atoms with Gasteiger partial charge in [-0.05, 0) is 43.5 Å². The lowest BCUT2D eigenvalue weighted by Crippen LogP contribution is -2.50. The number of carbonyl (C=O) groups excluding carboxylic acids is 2. The molecule has 3 heterocycles. The van der Waals surface area contributed by atoms with Gasteiger partial charge in [-0.2, -0.15) is 0 Å². The molecule has 2 aromatic heterocycles. The summed E-state index contributed by atoms with van der Waals surface area (Å²) in [4.78, 5) is 32.7. The lowest BCUT2D eigenvalue weighted by molar-refractivity contribution is 0.0910. The average Bonchev–Trinajstić information content (AvgIpc) is 3.08. The lowest BCUT2D eigenvalue weighted by Gasteiger charge is -2.34. The molecular weight excluding hydrogens is 330 g/mol. The van der Waals surface area contributed by atoms with Crippen molar-refractivity contribution in [3.63, 3.8) is 0 Å². The standard InChI is InChI=1S/C19H25N5O2/c1-14-6-7-17(20-13-14)23(3)19(26)24-11-8-15(9-12-24)21-18(25)16-5-4-10-22(16)2/h4-7,10,13,15H,8-9,11-12H2,1-3H3,(H,21,25). The molecule has 0 aliphatic carbocycles. The van der Waals surface area contributed by atoms with Gasteiger partial charge in [0, 0.05) is 45.6 Å². The number of aryl methyl sites for hydroxylation is 2. The van der Waals surface area contributed by atoms with Gasteiger partial charge in [0.2, 0.25) is 0 Å². The fraction of sp³-hybridized carbons (Fsp3) is 0.421. The second kappa shape index (κ2) is 7.59. The molecule has 2 aromatic rings. The maximum absolute atomic E-state index is 12.7. The fourth-order valence-electron chi connectivity index (χ4n) is 3.14. The van der Waals surface area contributed by atoms with Crippen LogP contribution >= 0.6 is 0 Å². The summed E-state index contributed by atoms with van der Waals surface area (Å²) in [6, 6.07) is 7.47. The van der Waals surface area contributed by atoms with Gasteiger partial charge in [0.1, 0.15) is 11.5 Å². The zero-order valence-electron chi connectivity index (χ0n) is 15.5. The third-order valence-corrected chi connectivity index (χ3v) is 4.80. The number of amides is 3. The van der Waals surface area contributed by atoms with Crippen molar-refractivity contribution in [2.75, 3.05) is 25.0 Å². The van der Waals surface area contributed by atoms with Crippen molar-refractivity contribution in [1.29, 1.82) is 0 Å². The van der Waals surface area contributed by atoms with Crippen LogP contribution in [0.3, 0.4) is 0 Å². The molecule has 3 rings (SSSR count). The van der Waals surface area contributed by atoms with Gasteiger partial charge in [-0.3, -0.25) is 9.69 Å². The predicted octanol–water partition coefficient (Wildman–Crippen LogP) is 2.18. The summed E-state index contributed by atoms with van der Waals surface area (Å²) < 4.78 is 1.80. The first-order valence-electron chi connectivity index (χ1n) is 8.83. The molecule has 26 heavy (non-hydrogen) atoms. The molecule has 3 amide bonds. The number of pyridine rings is 1. The first-order chi connectivity index (χ1) is 12.5. The molecule has 0 bridgehead atoms. The van der Waals surface area contributed by atoms with E-state index >= 15 is 0 Å². The van der Waals surface area contributed by atoms with Gasteiger partial charge in [0.15, 0.2) is 0 Å². The van der Waals surface area contributed by atoms with E-state index in [9.17, 15) is 9.59 Å². The van der Waals surface area contributed by atoms with Crippen molar-refractivity contribution >= 4 is 17.8 Å². The molecule has 1 aliphatic heterocycles. The highest BCUT2D eigenvalue weighted by Gasteiger charge is 2.27. The van der Waals surface area contributed by atoms with E-state index in [1.54, 1.807) is 28.8 Å². The first-order valence-corrected chi connectivity index (χ1v) is 8.83. The molecule has 0 atom stereocenters. The van der Waals surface area contributed by atoms with E-state index in [0.29, 0.717) is 24.6 Å². The second-order valence-electron chi connectivity index (χ2n) is 6.77. The van der Waals surface area contributed by atoms with Crippen LogP contribution in [0.25, 0.3) is 0 Å². The van der Waals surface area contributed by atoms with Crippen LogP contribution in [-0.2, 0) is 7.05 Å². The van der Waals surface area contributed by atoms with Crippen LogP contribution in [0.15, 0.2) is 36.7 Å². The molecule has 138 valence electrons. The normalized spacial score (nSPS) is 15.0. The predicted molar refractivity (Wildman–Crippen MR) is 100 cm³/mol. The van der Waals surface area contributed by atoms with Crippen LogP contribution in [0.5, 0.6) is 0 Å². The molecule has 1 saturated heterocycles. The molecule has 1 aliphatic rings. The van der Waals surface area contributed by atoms with Crippen LogP contribution < -0.4 is 10.2 Å². The SMILES string of the molecule is Cc1ccc(N(C)C(=O)N2CCC(NC(=O)c3cccn3C)CC2)nc1. The Bertz CT molecular complexity index is 775. The summed E-state index contributed by atoms with van der Waals surface area (Å²) in [7, 11) is 3.59. The molecule has 0 aromatic carbocycles. The summed E-state index contributed by atoms with van der Waals surface area (Å²) in [6.07, 6.45) is 5.10. The Hall–Kier alpha value is -2.83. The number of carbonyl (C=O) groups is 2. The fourth-order valence-corrected chi connectivity index (χ4v) is 3.14. The van der Waals surface area contributed by atoms with Gasteiger partial charge in [-0.15, -0.1) is 0 Å². The Kier molecular flexibility index (Phi) is 5.25. The summed E-state index contributed by atoms with van der Waals surface area (Å²) in [6.45, 7) is 3.20. The third kappa shape index (κ3) is 3.87. The van der Waals surface area contributed by atoms with Gasteiger partial charge in [0.05, 0.1) is 0 Å². The second-order valence-corrected chi connectivity index (χ2v) is 6.77. The number of piperidine rings is 1. The molecule has 0 saturated carbocycles. The minimum absolute atomic E-state index is 0.0615. The van der Waals surface area contributed by atoms with E-state index in [4.69, 9.17) is 0 Å². The van der Waals surface area contributed by atoms with Crippen LogP contribution in [0.1, 0.15) is 28.9 Å². The number of rotatable bonds is 3. The monoisotopic (exact) mass is 355 g/mol. The number of nitrogens with zero attached hydrogens (tertiary/aromatic N) is 4. The summed E-state index contributed by atoms with van der Waals surface area (Å²) in [5.74, 6) is 0.572. The van der Waals surface area contributed by atoms with Crippen LogP contribution in [0.2, 0.25) is 0 Å². The Labute approximate surface area is 153 Å². The summed E-state index contributed by atoms with van der Waals surface area (Å²) in [5, 5.41) is 3.07. The minimum atomic E-state index is -0.0664. The van der Waals surface area contributed by atoms with Crippen LogP contribution in [0.4, 0.5) is 10.6 Å². The molecule has 7 nitrogen and oxygen atoms in total. The quantitative estimate of drug-likeness (QED) is 0.917. The lowest BCUT2D eigenvalue weighted by atomic mass is 10.1. The molecule has 0 spiro atoms. The van der Waals surface area contributed by atoms with Crippen molar-refractivity contribution in [3.8, 4) is 0 Å². The number of hydrogen-bond donors (Lipinski definition) is 1. The Morgan fingerprint density at radius 2 is 1.96 bits per heavy atom. The average molecular weight is 355 g/mol. The van der Waals surface area contributed by atoms with E-state index in [1.807, 2.05) is 43.3 Å². The molecule has 0 unspecified atom stereocenters. The van der Waals surface area contributed by atoms with Crippen molar-refractivity contribution < 1.29 is 9.59 Å². The van der Waals surface area contributed by atoms with E-state index in [-0.39, 0.29) is 18.0 Å². The maximum atomic E-state index is 12.7. The Morgan fingerprint density at radius 1 is 1.23 bits per heavy atom. The number of aromatic nitrogens is 2. The molecule has 1 N–H and O–H groups in total. The van der Waals surface area contributed by atoms with Crippen molar-refractivity contribution in [2.45, 2.75) is 25.8 Å². The number of hydrogen-bond acceptors (Lipinski definition) is 3. The van der Waals surface area contributed by atoms with Crippen LogP contribution in [-0.4, -0.2) is 52.6 Å². The number of likely N-dealkylation sites (tertiary alicyclic amines) is 1. The van der Waals surface area contributed by atoms with E-state index < -0.39 is 0 Å². The van der Waals surface area contributed by atoms with Crippen LogP contribution in [0, 0.1) is 6.92 Å². The highest BCUT2D eigenvalue weighted by atomic mass is 16.2. The minimum Gasteiger partial charge on any atom is -0.348 e. The van der Waals surface area contributed by atoms with Gasteiger partial charge in [0.25, 0.3) is 5.91 Å².